The highest BCUT2D eigenvalue weighted by atomic mass is 35.5. The maximum absolute atomic E-state index is 12.4. The van der Waals surface area contributed by atoms with Gasteiger partial charge in [0.1, 0.15) is 0 Å². The largest absolute Gasteiger partial charge is 0.368 e. The summed E-state index contributed by atoms with van der Waals surface area (Å²) in [5.41, 5.74) is 2.52. The molecule has 0 spiro atoms. The van der Waals surface area contributed by atoms with E-state index in [9.17, 15) is 4.79 Å². The summed E-state index contributed by atoms with van der Waals surface area (Å²) in [6.45, 7) is 5.57. The average molecular weight is 457 g/mol. The summed E-state index contributed by atoms with van der Waals surface area (Å²) in [5, 5.41) is 5.22. The smallest absolute Gasteiger partial charge is 0.252 e. The van der Waals surface area contributed by atoms with Crippen molar-refractivity contribution in [3.05, 3.63) is 70.3 Å². The number of amides is 1. The van der Waals surface area contributed by atoms with Gasteiger partial charge in [-0.25, -0.2) is 0 Å². The van der Waals surface area contributed by atoms with E-state index in [4.69, 9.17) is 23.2 Å². The van der Waals surface area contributed by atoms with E-state index in [0.29, 0.717) is 22.2 Å². The fourth-order valence-electron chi connectivity index (χ4n) is 3.91. The van der Waals surface area contributed by atoms with Crippen molar-refractivity contribution in [1.82, 2.24) is 15.2 Å². The third-order valence-electron chi connectivity index (χ3n) is 5.68. The van der Waals surface area contributed by atoms with Crippen molar-refractivity contribution in [2.45, 2.75) is 12.8 Å². The van der Waals surface area contributed by atoms with Crippen LogP contribution in [0.15, 0.2) is 54.7 Å². The maximum atomic E-state index is 12.4. The molecule has 1 aromatic heterocycles. The first kappa shape index (κ1) is 21.9. The zero-order valence-electron chi connectivity index (χ0n) is 17.4. The molecular weight excluding hydrogens is 431 g/mol. The van der Waals surface area contributed by atoms with E-state index in [0.717, 1.165) is 62.2 Å². The van der Waals surface area contributed by atoms with Gasteiger partial charge in [0, 0.05) is 44.3 Å². The Labute approximate surface area is 193 Å². The molecule has 31 heavy (non-hydrogen) atoms. The summed E-state index contributed by atoms with van der Waals surface area (Å²) in [7, 11) is 0. The van der Waals surface area contributed by atoms with Gasteiger partial charge < -0.3 is 10.2 Å². The zero-order valence-corrected chi connectivity index (χ0v) is 18.9. The Balaban J connectivity index is 1.16. The fraction of sp³-hybridized carbons (Fsp3) is 0.333. The number of carbonyl (C=O) groups excluding carboxylic acids is 1. The molecular formula is C24H26Cl2N4O. The second-order valence-electron chi connectivity index (χ2n) is 7.78. The summed E-state index contributed by atoms with van der Waals surface area (Å²) < 4.78 is 0. The molecule has 0 radical (unpaired) electrons. The number of hydrogen-bond donors (Lipinski definition) is 1. The lowest BCUT2D eigenvalue weighted by molar-refractivity contribution is 0.0952. The van der Waals surface area contributed by atoms with E-state index < -0.39 is 0 Å². The SMILES string of the molecule is O=C(NCCCCN1CCN(c2cccc(Cl)c2Cl)CC1)c1cnc2ccccc2c1. The Morgan fingerprint density at radius 1 is 1.00 bits per heavy atom. The van der Waals surface area contributed by atoms with E-state index in [1.54, 1.807) is 6.20 Å². The van der Waals surface area contributed by atoms with Crippen LogP contribution in [0.25, 0.3) is 10.9 Å². The normalized spacial score (nSPS) is 14.7. The number of carbonyl (C=O) groups is 1. The third kappa shape index (κ3) is 5.48. The highest BCUT2D eigenvalue weighted by Crippen LogP contribution is 2.32. The fourth-order valence-corrected chi connectivity index (χ4v) is 4.32. The van der Waals surface area contributed by atoms with Crippen molar-refractivity contribution in [1.29, 1.82) is 0 Å². The first-order valence-electron chi connectivity index (χ1n) is 10.7. The van der Waals surface area contributed by atoms with E-state index in [-0.39, 0.29) is 5.91 Å². The monoisotopic (exact) mass is 456 g/mol. The van der Waals surface area contributed by atoms with E-state index in [1.165, 1.54) is 0 Å². The number of pyridine rings is 1. The minimum absolute atomic E-state index is 0.0646. The second-order valence-corrected chi connectivity index (χ2v) is 8.57. The number of piperazine rings is 1. The molecule has 0 aliphatic carbocycles. The third-order valence-corrected chi connectivity index (χ3v) is 6.49. The molecule has 0 bridgehead atoms. The van der Waals surface area contributed by atoms with Gasteiger partial charge in [-0.3, -0.25) is 14.7 Å². The maximum Gasteiger partial charge on any atom is 0.252 e. The molecule has 1 aliphatic heterocycles. The summed E-state index contributed by atoms with van der Waals surface area (Å²) >= 11 is 12.5. The highest BCUT2D eigenvalue weighted by molar-refractivity contribution is 6.43. The average Bonchev–Trinajstić information content (AvgIpc) is 2.80. The van der Waals surface area contributed by atoms with Crippen molar-refractivity contribution in [2.75, 3.05) is 44.2 Å². The Morgan fingerprint density at radius 3 is 2.65 bits per heavy atom. The quantitative estimate of drug-likeness (QED) is 0.514. The number of unbranched alkanes of at least 4 members (excludes halogenated alkanes) is 1. The minimum atomic E-state index is -0.0646. The first-order chi connectivity index (χ1) is 15.1. The molecule has 1 amide bonds. The second kappa shape index (κ2) is 10.3. The molecule has 1 aliphatic rings. The molecule has 7 heteroatoms. The number of anilines is 1. The lowest BCUT2D eigenvalue weighted by atomic mass is 10.1. The van der Waals surface area contributed by atoms with Gasteiger partial charge in [-0.1, -0.05) is 47.5 Å². The number of benzene rings is 2. The van der Waals surface area contributed by atoms with Crippen LogP contribution in [-0.4, -0.2) is 55.1 Å². The molecule has 5 nitrogen and oxygen atoms in total. The molecule has 1 saturated heterocycles. The van der Waals surface area contributed by atoms with Crippen LogP contribution in [0.1, 0.15) is 23.2 Å². The summed E-state index contributed by atoms with van der Waals surface area (Å²) in [6.07, 6.45) is 3.64. The van der Waals surface area contributed by atoms with Crippen LogP contribution in [0.3, 0.4) is 0 Å². The number of aromatic nitrogens is 1. The lowest BCUT2D eigenvalue weighted by Gasteiger charge is -2.36. The van der Waals surface area contributed by atoms with Crippen LogP contribution < -0.4 is 10.2 Å². The molecule has 0 atom stereocenters. The number of rotatable bonds is 7. The molecule has 2 aromatic carbocycles. The highest BCUT2D eigenvalue weighted by Gasteiger charge is 2.19. The van der Waals surface area contributed by atoms with Crippen LogP contribution in [0.2, 0.25) is 10.0 Å². The van der Waals surface area contributed by atoms with Crippen molar-refractivity contribution < 1.29 is 4.79 Å². The molecule has 162 valence electrons. The Hall–Kier alpha value is -2.34. The number of nitrogens with one attached hydrogen (secondary N) is 1. The predicted molar refractivity (Wildman–Crippen MR) is 128 cm³/mol. The van der Waals surface area contributed by atoms with E-state index >= 15 is 0 Å². The number of nitrogens with zero attached hydrogens (tertiary/aromatic N) is 3. The van der Waals surface area contributed by atoms with Crippen LogP contribution in [0.5, 0.6) is 0 Å². The summed E-state index contributed by atoms with van der Waals surface area (Å²) in [6, 6.07) is 15.5. The van der Waals surface area contributed by atoms with Gasteiger partial charge in [0.2, 0.25) is 0 Å². The van der Waals surface area contributed by atoms with Gasteiger partial charge in [-0.05, 0) is 43.7 Å². The van der Waals surface area contributed by atoms with Crippen molar-refractivity contribution in [3.8, 4) is 0 Å². The molecule has 2 heterocycles. The minimum Gasteiger partial charge on any atom is -0.368 e. The van der Waals surface area contributed by atoms with Crippen LogP contribution >= 0.6 is 23.2 Å². The number of fused-ring (bicyclic) bond motifs is 1. The summed E-state index contributed by atoms with van der Waals surface area (Å²) in [5.74, 6) is -0.0646. The van der Waals surface area contributed by atoms with Gasteiger partial charge in [0.25, 0.3) is 5.91 Å². The van der Waals surface area contributed by atoms with Crippen LogP contribution in [0, 0.1) is 0 Å². The predicted octanol–water partition coefficient (Wildman–Crippen LogP) is 4.87. The topological polar surface area (TPSA) is 48.5 Å². The van der Waals surface area contributed by atoms with Gasteiger partial charge in [0.05, 0.1) is 26.8 Å². The number of para-hydroxylation sites is 1. The number of hydrogen-bond acceptors (Lipinski definition) is 4. The molecule has 0 unspecified atom stereocenters. The van der Waals surface area contributed by atoms with Crippen molar-refractivity contribution in [2.24, 2.45) is 0 Å². The van der Waals surface area contributed by atoms with Gasteiger partial charge >= 0.3 is 0 Å². The van der Waals surface area contributed by atoms with E-state index in [1.807, 2.05) is 48.5 Å². The first-order valence-corrected chi connectivity index (χ1v) is 11.4. The molecule has 4 rings (SSSR count). The van der Waals surface area contributed by atoms with Crippen LogP contribution in [-0.2, 0) is 0 Å². The Kier molecular flexibility index (Phi) is 7.28. The molecule has 1 N–H and O–H groups in total. The van der Waals surface area contributed by atoms with Gasteiger partial charge in [0.15, 0.2) is 0 Å². The van der Waals surface area contributed by atoms with Crippen molar-refractivity contribution >= 4 is 45.7 Å². The molecule has 3 aromatic rings. The van der Waals surface area contributed by atoms with Crippen molar-refractivity contribution in [3.63, 3.8) is 0 Å². The van der Waals surface area contributed by atoms with Crippen LogP contribution in [0.4, 0.5) is 5.69 Å². The zero-order chi connectivity index (χ0) is 21.6. The Morgan fingerprint density at radius 2 is 1.81 bits per heavy atom. The Bertz CT molecular complexity index is 1050. The summed E-state index contributed by atoms with van der Waals surface area (Å²) in [4.78, 5) is 21.5. The van der Waals surface area contributed by atoms with Gasteiger partial charge in [-0.15, -0.1) is 0 Å². The van der Waals surface area contributed by atoms with E-state index in [2.05, 4.69) is 20.1 Å². The number of halogens is 2. The molecule has 0 saturated carbocycles. The standard InChI is InChI=1S/C24H26Cl2N4O/c25-20-7-5-9-22(23(20)26)30-14-12-29(13-15-30)11-4-3-10-27-24(31)19-16-18-6-1-2-8-21(18)28-17-19/h1-2,5-9,16-17H,3-4,10-15H2,(H,27,31). The van der Waals surface area contributed by atoms with Gasteiger partial charge in [-0.2, -0.15) is 0 Å². The lowest BCUT2D eigenvalue weighted by Crippen LogP contribution is -2.46. The molecule has 1 fully saturated rings.